The highest BCUT2D eigenvalue weighted by molar-refractivity contribution is 5.62. The van der Waals surface area contributed by atoms with Gasteiger partial charge in [-0.2, -0.15) is 5.10 Å². The fraction of sp³-hybridized carbons (Fsp3) is 0.316. The van der Waals surface area contributed by atoms with E-state index in [-0.39, 0.29) is 5.82 Å². The molecule has 2 aromatic heterocycles. The molecule has 25 heavy (non-hydrogen) atoms. The van der Waals surface area contributed by atoms with Crippen molar-refractivity contribution in [1.82, 2.24) is 15.2 Å². The lowest BCUT2D eigenvalue weighted by Gasteiger charge is -2.16. The van der Waals surface area contributed by atoms with Crippen molar-refractivity contribution in [3.63, 3.8) is 0 Å². The third-order valence-corrected chi connectivity index (χ3v) is 4.68. The van der Waals surface area contributed by atoms with E-state index in [1.807, 2.05) is 32.0 Å². The normalized spacial score (nSPS) is 17.2. The van der Waals surface area contributed by atoms with Gasteiger partial charge in [0, 0.05) is 24.6 Å². The molecule has 3 aromatic rings. The van der Waals surface area contributed by atoms with Crippen LogP contribution in [0.3, 0.4) is 0 Å². The number of aromatic nitrogens is 3. The van der Waals surface area contributed by atoms with Crippen molar-refractivity contribution < 1.29 is 8.81 Å². The zero-order valence-corrected chi connectivity index (χ0v) is 14.2. The molecule has 1 aliphatic rings. The first-order valence-corrected chi connectivity index (χ1v) is 8.37. The molecule has 0 saturated carbocycles. The second kappa shape index (κ2) is 6.27. The summed E-state index contributed by atoms with van der Waals surface area (Å²) in [7, 11) is 0. The maximum atomic E-state index is 13.1. The number of aryl methyl sites for hydroxylation is 2. The van der Waals surface area contributed by atoms with Crippen LogP contribution in [0.5, 0.6) is 0 Å². The van der Waals surface area contributed by atoms with Crippen molar-refractivity contribution in [3.05, 3.63) is 59.4 Å². The van der Waals surface area contributed by atoms with Crippen LogP contribution in [0.15, 0.2) is 40.9 Å². The molecule has 128 valence electrons. The Labute approximate surface area is 145 Å². The molecule has 1 saturated heterocycles. The number of benzene rings is 1. The molecule has 0 bridgehead atoms. The van der Waals surface area contributed by atoms with Crippen molar-refractivity contribution >= 4 is 5.95 Å². The average molecular weight is 338 g/mol. The molecule has 6 heteroatoms. The molecule has 0 spiro atoms. The van der Waals surface area contributed by atoms with E-state index in [1.165, 1.54) is 12.1 Å². The second-order valence-corrected chi connectivity index (χ2v) is 6.45. The molecule has 3 heterocycles. The molecule has 1 atom stereocenters. The Balaban J connectivity index is 1.56. The maximum Gasteiger partial charge on any atom is 0.245 e. The molecule has 4 rings (SSSR count). The minimum atomic E-state index is -0.204. The van der Waals surface area contributed by atoms with Gasteiger partial charge in [0.15, 0.2) is 0 Å². The Morgan fingerprint density at radius 3 is 2.72 bits per heavy atom. The fourth-order valence-electron chi connectivity index (χ4n) is 3.39. The molecular formula is C19H19FN4O. The molecule has 0 amide bonds. The predicted octanol–water partition coefficient (Wildman–Crippen LogP) is 3.88. The van der Waals surface area contributed by atoms with E-state index >= 15 is 0 Å². The van der Waals surface area contributed by atoms with E-state index in [0.29, 0.717) is 11.9 Å². The lowest BCUT2D eigenvalue weighted by Crippen LogP contribution is -2.22. The summed E-state index contributed by atoms with van der Waals surface area (Å²) < 4.78 is 18.7. The minimum Gasteiger partial charge on any atom is -0.466 e. The molecule has 0 radical (unpaired) electrons. The van der Waals surface area contributed by atoms with Gasteiger partial charge in [-0.1, -0.05) is 12.1 Å². The quantitative estimate of drug-likeness (QED) is 0.725. The van der Waals surface area contributed by atoms with Crippen LogP contribution in [0.2, 0.25) is 0 Å². The highest BCUT2D eigenvalue weighted by atomic mass is 19.1. The van der Waals surface area contributed by atoms with Gasteiger partial charge in [-0.05, 0) is 44.0 Å². The first-order valence-electron chi connectivity index (χ1n) is 8.37. The van der Waals surface area contributed by atoms with Crippen molar-refractivity contribution in [2.45, 2.75) is 26.2 Å². The van der Waals surface area contributed by atoms with Crippen LogP contribution in [-0.2, 0) is 0 Å². The predicted molar refractivity (Wildman–Crippen MR) is 93.0 cm³/mol. The summed E-state index contributed by atoms with van der Waals surface area (Å²) in [6.45, 7) is 5.50. The first kappa shape index (κ1) is 15.7. The highest BCUT2D eigenvalue weighted by Gasteiger charge is 2.26. The van der Waals surface area contributed by atoms with Crippen LogP contribution >= 0.6 is 0 Å². The van der Waals surface area contributed by atoms with Gasteiger partial charge in [-0.3, -0.25) is 0 Å². The van der Waals surface area contributed by atoms with E-state index in [1.54, 1.807) is 6.20 Å². The molecule has 1 aliphatic heterocycles. The molecule has 1 fully saturated rings. The van der Waals surface area contributed by atoms with Gasteiger partial charge in [-0.25, -0.2) is 9.37 Å². The third kappa shape index (κ3) is 3.12. The van der Waals surface area contributed by atoms with Crippen molar-refractivity contribution in [2.24, 2.45) is 0 Å². The fourth-order valence-corrected chi connectivity index (χ4v) is 3.39. The van der Waals surface area contributed by atoms with Gasteiger partial charge in [0.25, 0.3) is 0 Å². The van der Waals surface area contributed by atoms with Gasteiger partial charge < -0.3 is 9.32 Å². The monoisotopic (exact) mass is 338 g/mol. The highest BCUT2D eigenvalue weighted by Crippen LogP contribution is 2.30. The standard InChI is InChI=1S/C19H19FN4O/c1-12-9-17(13(2)25-12)18-10-21-23-19(22-18)24-8-7-15(11-24)14-3-5-16(20)6-4-14/h3-6,9-10,15H,7-8,11H2,1-2H3/t15-/m1/s1. The van der Waals surface area contributed by atoms with E-state index in [4.69, 9.17) is 4.42 Å². The van der Waals surface area contributed by atoms with Crippen LogP contribution in [0.25, 0.3) is 11.3 Å². The van der Waals surface area contributed by atoms with Gasteiger partial charge in [0.2, 0.25) is 5.95 Å². The Morgan fingerprint density at radius 1 is 1.20 bits per heavy atom. The van der Waals surface area contributed by atoms with Crippen LogP contribution in [-0.4, -0.2) is 28.3 Å². The summed E-state index contributed by atoms with van der Waals surface area (Å²) in [6, 6.07) is 8.71. The Bertz CT molecular complexity index is 891. The Hall–Kier alpha value is -2.76. The number of hydrogen-bond acceptors (Lipinski definition) is 5. The maximum absolute atomic E-state index is 13.1. The summed E-state index contributed by atoms with van der Waals surface area (Å²) in [4.78, 5) is 6.81. The van der Waals surface area contributed by atoms with Crippen LogP contribution in [0.1, 0.15) is 29.4 Å². The number of furan rings is 1. The average Bonchev–Trinajstić information content (AvgIpc) is 3.22. The molecule has 1 aromatic carbocycles. The topological polar surface area (TPSA) is 55.1 Å². The lowest BCUT2D eigenvalue weighted by molar-refractivity contribution is 0.505. The largest absolute Gasteiger partial charge is 0.466 e. The molecule has 0 aliphatic carbocycles. The summed E-state index contributed by atoms with van der Waals surface area (Å²) in [6.07, 6.45) is 2.65. The van der Waals surface area contributed by atoms with Crippen molar-refractivity contribution in [3.8, 4) is 11.3 Å². The van der Waals surface area contributed by atoms with E-state index in [9.17, 15) is 4.39 Å². The SMILES string of the molecule is Cc1cc(-c2cnnc(N3CC[C@@H](c4ccc(F)cc4)C3)n2)c(C)o1. The minimum absolute atomic E-state index is 0.204. The zero-order valence-electron chi connectivity index (χ0n) is 14.2. The number of hydrogen-bond donors (Lipinski definition) is 0. The van der Waals surface area contributed by atoms with Gasteiger partial charge in [-0.15, -0.1) is 5.10 Å². The lowest BCUT2D eigenvalue weighted by atomic mass is 9.99. The summed E-state index contributed by atoms with van der Waals surface area (Å²) in [5.74, 6) is 2.45. The Morgan fingerprint density at radius 2 is 2.00 bits per heavy atom. The number of halogens is 1. The molecule has 0 N–H and O–H groups in total. The van der Waals surface area contributed by atoms with Crippen LogP contribution in [0, 0.1) is 19.7 Å². The van der Waals surface area contributed by atoms with Gasteiger partial charge in [0.1, 0.15) is 17.3 Å². The van der Waals surface area contributed by atoms with Crippen molar-refractivity contribution in [1.29, 1.82) is 0 Å². The van der Waals surface area contributed by atoms with Crippen LogP contribution in [0.4, 0.5) is 10.3 Å². The molecule has 5 nitrogen and oxygen atoms in total. The number of rotatable bonds is 3. The van der Waals surface area contributed by atoms with E-state index in [2.05, 4.69) is 20.1 Å². The number of nitrogens with zero attached hydrogens (tertiary/aromatic N) is 4. The van der Waals surface area contributed by atoms with Crippen LogP contribution < -0.4 is 4.90 Å². The first-order chi connectivity index (χ1) is 12.1. The third-order valence-electron chi connectivity index (χ3n) is 4.68. The smallest absolute Gasteiger partial charge is 0.245 e. The van der Waals surface area contributed by atoms with Gasteiger partial charge in [0.05, 0.1) is 11.9 Å². The zero-order chi connectivity index (χ0) is 17.4. The second-order valence-electron chi connectivity index (χ2n) is 6.45. The van der Waals surface area contributed by atoms with Gasteiger partial charge >= 0.3 is 0 Å². The van der Waals surface area contributed by atoms with Crippen molar-refractivity contribution in [2.75, 3.05) is 18.0 Å². The summed E-state index contributed by atoms with van der Waals surface area (Å²) in [5, 5.41) is 8.32. The van der Waals surface area contributed by atoms with E-state index in [0.717, 1.165) is 47.9 Å². The van der Waals surface area contributed by atoms with E-state index < -0.39 is 0 Å². The molecule has 0 unspecified atom stereocenters. The Kier molecular flexibility index (Phi) is 3.95. The summed E-state index contributed by atoms with van der Waals surface area (Å²) in [5.41, 5.74) is 2.86. The summed E-state index contributed by atoms with van der Waals surface area (Å²) >= 11 is 0. The molecular weight excluding hydrogens is 319 g/mol. The number of anilines is 1.